The minimum Gasteiger partial charge on any atom is -0.506 e. The molecule has 0 bridgehead atoms. The average molecular weight is 260 g/mol. The van der Waals surface area contributed by atoms with E-state index in [0.717, 1.165) is 5.39 Å². The fourth-order valence-electron chi connectivity index (χ4n) is 1.97. The van der Waals surface area contributed by atoms with Gasteiger partial charge in [-0.25, -0.2) is 4.79 Å². The lowest BCUT2D eigenvalue weighted by Gasteiger charge is -2.12. The zero-order valence-electron chi connectivity index (χ0n) is 11.0. The maximum absolute atomic E-state index is 11.8. The molecule has 0 heterocycles. The van der Waals surface area contributed by atoms with E-state index in [1.54, 1.807) is 19.1 Å². The van der Waals surface area contributed by atoms with Crippen LogP contribution in [0.15, 0.2) is 30.3 Å². The number of aromatic hydroxyl groups is 1. The fraction of sp³-hybridized carbons (Fsp3) is 0.267. The van der Waals surface area contributed by atoms with Crippen LogP contribution in [-0.4, -0.2) is 24.3 Å². The smallest absolute Gasteiger partial charge is 0.342 e. The Bertz CT molecular complexity index is 604. The lowest BCUT2D eigenvalue weighted by molar-refractivity contribution is 0.0523. The first-order chi connectivity index (χ1) is 9.19. The lowest BCUT2D eigenvalue weighted by Crippen LogP contribution is -2.06. The Morgan fingerprint density at radius 2 is 1.84 bits per heavy atom. The standard InChI is InChI=1S/C15H16O4/c1-3-18-13-9-12(15(17)19-4-2)14(16)11-8-6-5-7-10(11)13/h5-9,16H,3-4H2,1-2H3. The molecule has 4 nitrogen and oxygen atoms in total. The van der Waals surface area contributed by atoms with Crippen LogP contribution < -0.4 is 4.74 Å². The monoisotopic (exact) mass is 260 g/mol. The first-order valence-corrected chi connectivity index (χ1v) is 6.23. The maximum Gasteiger partial charge on any atom is 0.342 e. The third-order valence-electron chi connectivity index (χ3n) is 2.77. The molecule has 0 amide bonds. The largest absolute Gasteiger partial charge is 0.506 e. The number of ether oxygens (including phenoxy) is 2. The molecule has 19 heavy (non-hydrogen) atoms. The summed E-state index contributed by atoms with van der Waals surface area (Å²) in [6.07, 6.45) is 0. The van der Waals surface area contributed by atoms with Gasteiger partial charge < -0.3 is 14.6 Å². The summed E-state index contributed by atoms with van der Waals surface area (Å²) in [6, 6.07) is 8.77. The van der Waals surface area contributed by atoms with Gasteiger partial charge in [0.15, 0.2) is 0 Å². The van der Waals surface area contributed by atoms with E-state index in [1.165, 1.54) is 6.07 Å². The van der Waals surface area contributed by atoms with E-state index < -0.39 is 5.97 Å². The second-order valence-corrected chi connectivity index (χ2v) is 3.97. The highest BCUT2D eigenvalue weighted by atomic mass is 16.5. The van der Waals surface area contributed by atoms with Crippen LogP contribution in [0, 0.1) is 0 Å². The summed E-state index contributed by atoms with van der Waals surface area (Å²) in [5.41, 5.74) is 0.129. The van der Waals surface area contributed by atoms with Gasteiger partial charge in [0.25, 0.3) is 0 Å². The number of rotatable bonds is 4. The van der Waals surface area contributed by atoms with Crippen LogP contribution >= 0.6 is 0 Å². The number of hydrogen-bond acceptors (Lipinski definition) is 4. The zero-order valence-corrected chi connectivity index (χ0v) is 11.0. The van der Waals surface area contributed by atoms with Gasteiger partial charge in [0, 0.05) is 10.8 Å². The highest BCUT2D eigenvalue weighted by molar-refractivity contribution is 6.03. The number of esters is 1. The Kier molecular flexibility index (Phi) is 3.90. The van der Waals surface area contributed by atoms with Gasteiger partial charge >= 0.3 is 5.97 Å². The summed E-state index contributed by atoms with van der Waals surface area (Å²) in [6.45, 7) is 4.33. The van der Waals surface area contributed by atoms with E-state index in [2.05, 4.69) is 0 Å². The molecule has 0 aliphatic heterocycles. The lowest BCUT2D eigenvalue weighted by atomic mass is 10.0. The quantitative estimate of drug-likeness (QED) is 0.858. The highest BCUT2D eigenvalue weighted by Crippen LogP contribution is 2.36. The Morgan fingerprint density at radius 1 is 1.16 bits per heavy atom. The van der Waals surface area contributed by atoms with Gasteiger partial charge in [0.2, 0.25) is 0 Å². The summed E-state index contributed by atoms with van der Waals surface area (Å²) < 4.78 is 10.5. The van der Waals surface area contributed by atoms with Crippen molar-refractivity contribution in [3.8, 4) is 11.5 Å². The Balaban J connectivity index is 2.65. The molecule has 0 spiro atoms. The number of carbonyl (C=O) groups excluding carboxylic acids is 1. The van der Waals surface area contributed by atoms with Crippen LogP contribution in [0.3, 0.4) is 0 Å². The van der Waals surface area contributed by atoms with Gasteiger partial charge in [0.1, 0.15) is 17.1 Å². The van der Waals surface area contributed by atoms with Gasteiger partial charge in [-0.15, -0.1) is 0 Å². The van der Waals surface area contributed by atoms with Crippen LogP contribution in [0.2, 0.25) is 0 Å². The van der Waals surface area contributed by atoms with Crippen LogP contribution in [0.25, 0.3) is 10.8 Å². The molecule has 0 fully saturated rings. The van der Waals surface area contributed by atoms with E-state index >= 15 is 0 Å². The van der Waals surface area contributed by atoms with Gasteiger partial charge in [-0.3, -0.25) is 0 Å². The normalized spacial score (nSPS) is 10.4. The number of phenolic OH excluding ortho intramolecular Hbond substituents is 1. The fourth-order valence-corrected chi connectivity index (χ4v) is 1.97. The summed E-state index contributed by atoms with van der Waals surface area (Å²) in [5.74, 6) is -0.0526. The summed E-state index contributed by atoms with van der Waals surface area (Å²) >= 11 is 0. The molecule has 2 aromatic carbocycles. The molecule has 100 valence electrons. The predicted molar refractivity (Wildman–Crippen MR) is 72.7 cm³/mol. The van der Waals surface area contributed by atoms with Crippen molar-refractivity contribution < 1.29 is 19.4 Å². The third-order valence-corrected chi connectivity index (χ3v) is 2.77. The van der Waals surface area contributed by atoms with Crippen molar-refractivity contribution in [3.63, 3.8) is 0 Å². The zero-order chi connectivity index (χ0) is 13.8. The minimum absolute atomic E-state index is 0.0718. The number of benzene rings is 2. The number of fused-ring (bicyclic) bond motifs is 1. The highest BCUT2D eigenvalue weighted by Gasteiger charge is 2.18. The number of carbonyl (C=O) groups is 1. The Labute approximate surface area is 111 Å². The van der Waals surface area contributed by atoms with E-state index in [4.69, 9.17) is 9.47 Å². The Morgan fingerprint density at radius 3 is 2.47 bits per heavy atom. The first-order valence-electron chi connectivity index (χ1n) is 6.23. The van der Waals surface area contributed by atoms with Crippen LogP contribution in [-0.2, 0) is 4.74 Å². The summed E-state index contributed by atoms with van der Waals surface area (Å²) in [5, 5.41) is 11.5. The molecular weight excluding hydrogens is 244 g/mol. The van der Waals surface area contributed by atoms with Crippen molar-refractivity contribution in [1.82, 2.24) is 0 Å². The maximum atomic E-state index is 11.8. The van der Waals surface area contributed by atoms with Crippen molar-refractivity contribution in [2.24, 2.45) is 0 Å². The molecule has 0 saturated carbocycles. The molecular formula is C15H16O4. The SMILES string of the molecule is CCOC(=O)c1cc(OCC)c2ccccc2c1O. The Hall–Kier alpha value is -2.23. The van der Waals surface area contributed by atoms with E-state index in [1.807, 2.05) is 19.1 Å². The molecule has 0 aliphatic rings. The summed E-state index contributed by atoms with van der Waals surface area (Å²) in [4.78, 5) is 11.8. The van der Waals surface area contributed by atoms with Crippen molar-refractivity contribution in [2.45, 2.75) is 13.8 Å². The van der Waals surface area contributed by atoms with Crippen molar-refractivity contribution in [3.05, 3.63) is 35.9 Å². The van der Waals surface area contributed by atoms with Gasteiger partial charge in [-0.2, -0.15) is 0 Å². The van der Waals surface area contributed by atoms with Gasteiger partial charge in [0.05, 0.1) is 13.2 Å². The van der Waals surface area contributed by atoms with Crippen molar-refractivity contribution >= 4 is 16.7 Å². The molecule has 2 aromatic rings. The van der Waals surface area contributed by atoms with E-state index in [0.29, 0.717) is 17.7 Å². The predicted octanol–water partition coefficient (Wildman–Crippen LogP) is 3.12. The van der Waals surface area contributed by atoms with Gasteiger partial charge in [-0.05, 0) is 19.9 Å². The van der Waals surface area contributed by atoms with E-state index in [9.17, 15) is 9.90 Å². The van der Waals surface area contributed by atoms with Crippen molar-refractivity contribution in [1.29, 1.82) is 0 Å². The second-order valence-electron chi connectivity index (χ2n) is 3.97. The third kappa shape index (κ3) is 2.47. The molecule has 0 aromatic heterocycles. The molecule has 0 radical (unpaired) electrons. The second kappa shape index (κ2) is 5.61. The molecule has 0 unspecified atom stereocenters. The van der Waals surface area contributed by atoms with Crippen LogP contribution in [0.5, 0.6) is 11.5 Å². The molecule has 4 heteroatoms. The first kappa shape index (κ1) is 13.2. The topological polar surface area (TPSA) is 55.8 Å². The van der Waals surface area contributed by atoms with Crippen LogP contribution in [0.4, 0.5) is 0 Å². The number of phenols is 1. The molecule has 2 rings (SSSR count). The van der Waals surface area contributed by atoms with Crippen LogP contribution in [0.1, 0.15) is 24.2 Å². The van der Waals surface area contributed by atoms with E-state index in [-0.39, 0.29) is 17.9 Å². The summed E-state index contributed by atoms with van der Waals surface area (Å²) in [7, 11) is 0. The molecule has 1 N–H and O–H groups in total. The molecule has 0 atom stereocenters. The van der Waals surface area contributed by atoms with Gasteiger partial charge in [-0.1, -0.05) is 24.3 Å². The number of hydrogen-bond donors (Lipinski definition) is 1. The minimum atomic E-state index is -0.549. The molecule has 0 saturated heterocycles. The van der Waals surface area contributed by atoms with Crippen molar-refractivity contribution in [2.75, 3.05) is 13.2 Å². The average Bonchev–Trinajstić information content (AvgIpc) is 2.42. The molecule has 0 aliphatic carbocycles.